The van der Waals surface area contributed by atoms with Crippen molar-refractivity contribution in [2.75, 3.05) is 6.54 Å². The Morgan fingerprint density at radius 1 is 1.41 bits per heavy atom. The molecule has 1 heterocycles. The molecule has 2 rings (SSSR count). The Bertz CT molecular complexity index is 525. The molecular formula is C12H12Cl2N2S. The summed E-state index contributed by atoms with van der Waals surface area (Å²) < 4.78 is 0. The first-order valence-corrected chi connectivity index (χ1v) is 6.86. The lowest BCUT2D eigenvalue weighted by molar-refractivity contribution is 0.766. The van der Waals surface area contributed by atoms with Gasteiger partial charge >= 0.3 is 0 Å². The molecule has 0 amide bonds. The molecule has 0 bridgehead atoms. The van der Waals surface area contributed by atoms with Gasteiger partial charge in [0, 0.05) is 28.4 Å². The molecule has 90 valence electrons. The van der Waals surface area contributed by atoms with Crippen molar-refractivity contribution < 1.29 is 0 Å². The largest absolute Gasteiger partial charge is 0.330 e. The van der Waals surface area contributed by atoms with Gasteiger partial charge in [-0.2, -0.15) is 0 Å². The van der Waals surface area contributed by atoms with Crippen LogP contribution in [0.15, 0.2) is 23.6 Å². The van der Waals surface area contributed by atoms with Crippen LogP contribution < -0.4 is 5.73 Å². The molecule has 0 saturated carbocycles. The second kappa shape index (κ2) is 5.36. The van der Waals surface area contributed by atoms with E-state index < -0.39 is 0 Å². The molecule has 1 unspecified atom stereocenters. The highest BCUT2D eigenvalue weighted by atomic mass is 35.5. The number of thiazole rings is 1. The third-order valence-electron chi connectivity index (χ3n) is 2.50. The van der Waals surface area contributed by atoms with Crippen LogP contribution in [-0.2, 0) is 0 Å². The molecule has 0 fully saturated rings. The number of nitrogens with two attached hydrogens (primary N) is 1. The van der Waals surface area contributed by atoms with Gasteiger partial charge in [-0.15, -0.1) is 11.3 Å². The van der Waals surface area contributed by atoms with Crippen LogP contribution in [0.3, 0.4) is 0 Å². The minimum atomic E-state index is 0.278. The van der Waals surface area contributed by atoms with Gasteiger partial charge in [0.05, 0.1) is 15.7 Å². The normalized spacial score (nSPS) is 12.7. The fourth-order valence-electron chi connectivity index (χ4n) is 1.44. The summed E-state index contributed by atoms with van der Waals surface area (Å²) in [4.78, 5) is 4.55. The van der Waals surface area contributed by atoms with Crippen molar-refractivity contribution in [3.05, 3.63) is 38.6 Å². The lowest BCUT2D eigenvalue weighted by Crippen LogP contribution is -2.08. The summed E-state index contributed by atoms with van der Waals surface area (Å²) in [7, 11) is 0. The monoisotopic (exact) mass is 286 g/mol. The first kappa shape index (κ1) is 12.8. The van der Waals surface area contributed by atoms with E-state index in [0.717, 1.165) is 16.3 Å². The van der Waals surface area contributed by atoms with Gasteiger partial charge in [0.25, 0.3) is 0 Å². The van der Waals surface area contributed by atoms with Crippen LogP contribution in [-0.4, -0.2) is 11.5 Å². The van der Waals surface area contributed by atoms with Crippen LogP contribution in [0.25, 0.3) is 11.3 Å². The number of nitrogens with zero attached hydrogens (tertiary/aromatic N) is 1. The van der Waals surface area contributed by atoms with Crippen molar-refractivity contribution in [2.45, 2.75) is 12.8 Å². The molecule has 1 atom stereocenters. The topological polar surface area (TPSA) is 38.9 Å². The highest BCUT2D eigenvalue weighted by Gasteiger charge is 2.12. The standard InChI is InChI=1S/C12H12Cl2N2S/c1-7(5-15)12-16-11(6-17-12)9-3-2-8(13)4-10(9)14/h2-4,6-7H,5,15H2,1H3. The Hall–Kier alpha value is -0.610. The van der Waals surface area contributed by atoms with Crippen LogP contribution >= 0.6 is 34.5 Å². The Labute approximate surface area is 114 Å². The smallest absolute Gasteiger partial charge is 0.0973 e. The van der Waals surface area contributed by atoms with Crippen molar-refractivity contribution in [1.82, 2.24) is 4.98 Å². The molecule has 17 heavy (non-hydrogen) atoms. The molecule has 0 saturated heterocycles. The maximum Gasteiger partial charge on any atom is 0.0973 e. The van der Waals surface area contributed by atoms with Crippen molar-refractivity contribution in [3.8, 4) is 11.3 Å². The average Bonchev–Trinajstić information content (AvgIpc) is 2.77. The lowest BCUT2D eigenvalue weighted by Gasteiger charge is -2.03. The Kier molecular flexibility index (Phi) is 4.05. The predicted molar refractivity (Wildman–Crippen MR) is 75.0 cm³/mol. The van der Waals surface area contributed by atoms with Crippen LogP contribution in [0, 0.1) is 0 Å². The highest BCUT2D eigenvalue weighted by Crippen LogP contribution is 2.32. The molecule has 2 aromatic rings. The van der Waals surface area contributed by atoms with Gasteiger partial charge in [0.15, 0.2) is 0 Å². The van der Waals surface area contributed by atoms with E-state index in [1.54, 1.807) is 17.4 Å². The van der Waals surface area contributed by atoms with E-state index in [2.05, 4.69) is 11.9 Å². The second-order valence-electron chi connectivity index (χ2n) is 3.83. The van der Waals surface area contributed by atoms with E-state index in [1.807, 2.05) is 17.5 Å². The number of benzene rings is 1. The fraction of sp³-hybridized carbons (Fsp3) is 0.250. The summed E-state index contributed by atoms with van der Waals surface area (Å²) in [6.07, 6.45) is 0. The van der Waals surface area contributed by atoms with E-state index in [9.17, 15) is 0 Å². The zero-order valence-electron chi connectivity index (χ0n) is 9.28. The number of hydrogen-bond acceptors (Lipinski definition) is 3. The van der Waals surface area contributed by atoms with E-state index in [4.69, 9.17) is 28.9 Å². The third-order valence-corrected chi connectivity index (χ3v) is 4.13. The maximum absolute atomic E-state index is 6.14. The second-order valence-corrected chi connectivity index (χ2v) is 5.57. The SMILES string of the molecule is CC(CN)c1nc(-c2ccc(Cl)cc2Cl)cs1. The number of aromatic nitrogens is 1. The van der Waals surface area contributed by atoms with Gasteiger partial charge < -0.3 is 5.73 Å². The Morgan fingerprint density at radius 3 is 2.82 bits per heavy atom. The van der Waals surface area contributed by atoms with E-state index >= 15 is 0 Å². The van der Waals surface area contributed by atoms with Crippen molar-refractivity contribution in [1.29, 1.82) is 0 Å². The molecular weight excluding hydrogens is 275 g/mol. The van der Waals surface area contributed by atoms with Gasteiger partial charge in [-0.05, 0) is 18.2 Å². The minimum absolute atomic E-state index is 0.278. The van der Waals surface area contributed by atoms with Crippen LogP contribution in [0.4, 0.5) is 0 Å². The molecule has 0 spiro atoms. The third kappa shape index (κ3) is 2.80. The van der Waals surface area contributed by atoms with Gasteiger partial charge in [0.1, 0.15) is 0 Å². The summed E-state index contributed by atoms with van der Waals surface area (Å²) in [6, 6.07) is 5.43. The molecule has 0 radical (unpaired) electrons. The van der Waals surface area contributed by atoms with E-state index in [-0.39, 0.29) is 5.92 Å². The van der Waals surface area contributed by atoms with Gasteiger partial charge in [-0.1, -0.05) is 30.1 Å². The first-order chi connectivity index (χ1) is 8.11. The molecule has 2 nitrogen and oxygen atoms in total. The van der Waals surface area contributed by atoms with Gasteiger partial charge in [0.2, 0.25) is 0 Å². The predicted octanol–water partition coefficient (Wildman–Crippen LogP) is 4.18. The quantitative estimate of drug-likeness (QED) is 0.919. The lowest BCUT2D eigenvalue weighted by atomic mass is 10.1. The van der Waals surface area contributed by atoms with E-state index in [1.165, 1.54) is 0 Å². The van der Waals surface area contributed by atoms with Gasteiger partial charge in [-0.3, -0.25) is 0 Å². The van der Waals surface area contributed by atoms with Crippen molar-refractivity contribution in [3.63, 3.8) is 0 Å². The van der Waals surface area contributed by atoms with Crippen molar-refractivity contribution >= 4 is 34.5 Å². The van der Waals surface area contributed by atoms with Gasteiger partial charge in [-0.25, -0.2) is 4.98 Å². The number of halogens is 2. The first-order valence-electron chi connectivity index (χ1n) is 5.22. The van der Waals surface area contributed by atoms with Crippen LogP contribution in [0.2, 0.25) is 10.0 Å². The minimum Gasteiger partial charge on any atom is -0.330 e. The maximum atomic E-state index is 6.14. The molecule has 1 aromatic carbocycles. The summed E-state index contributed by atoms with van der Waals surface area (Å²) in [6.45, 7) is 2.66. The Morgan fingerprint density at radius 2 is 2.18 bits per heavy atom. The zero-order chi connectivity index (χ0) is 12.4. The Balaban J connectivity index is 2.37. The summed E-state index contributed by atoms with van der Waals surface area (Å²) in [5.41, 5.74) is 7.41. The molecule has 5 heteroatoms. The van der Waals surface area contributed by atoms with Crippen molar-refractivity contribution in [2.24, 2.45) is 5.73 Å². The highest BCUT2D eigenvalue weighted by molar-refractivity contribution is 7.10. The fourth-order valence-corrected chi connectivity index (χ4v) is 2.83. The summed E-state index contributed by atoms with van der Waals surface area (Å²) >= 11 is 13.6. The number of rotatable bonds is 3. The molecule has 2 N–H and O–H groups in total. The summed E-state index contributed by atoms with van der Waals surface area (Å²) in [5, 5.41) is 4.28. The number of hydrogen-bond donors (Lipinski definition) is 1. The molecule has 1 aromatic heterocycles. The van der Waals surface area contributed by atoms with Crippen LogP contribution in [0.5, 0.6) is 0 Å². The molecule has 0 aliphatic heterocycles. The average molecular weight is 287 g/mol. The van der Waals surface area contributed by atoms with Crippen LogP contribution in [0.1, 0.15) is 17.8 Å². The molecule has 0 aliphatic carbocycles. The summed E-state index contributed by atoms with van der Waals surface area (Å²) in [5.74, 6) is 0.278. The van der Waals surface area contributed by atoms with E-state index in [0.29, 0.717) is 16.6 Å². The molecule has 0 aliphatic rings. The zero-order valence-corrected chi connectivity index (χ0v) is 11.6.